The van der Waals surface area contributed by atoms with Gasteiger partial charge in [-0.05, 0) is 11.6 Å². The zero-order chi connectivity index (χ0) is 20.9. The first kappa shape index (κ1) is 22.7. The van der Waals surface area contributed by atoms with Gasteiger partial charge in [0.1, 0.15) is 23.5 Å². The fourth-order valence-electron chi connectivity index (χ4n) is 2.03. The summed E-state index contributed by atoms with van der Waals surface area (Å²) in [6, 6.07) is 7.79. The standard InChI is InChI=1S/C18H11Cl4F3O3/c19-13-7-12(27-6-5-15(21)22)8-14(20)16(13)28-9-10-1-3-11(4-2-10)17(26)18(23,24)25/h1-5,7-8H,6,9H2. The molecule has 2 rings (SSSR count). The zero-order valence-electron chi connectivity index (χ0n) is 13.8. The minimum absolute atomic E-state index is 0.0231. The Kier molecular flexibility index (Phi) is 7.89. The maximum atomic E-state index is 12.4. The summed E-state index contributed by atoms with van der Waals surface area (Å²) in [4.78, 5) is 11.2. The number of benzene rings is 2. The quantitative estimate of drug-likeness (QED) is 0.405. The SMILES string of the molecule is O=C(c1ccc(COc2c(Cl)cc(OCC=C(Cl)Cl)cc2Cl)cc1)C(F)(F)F. The molecular weight excluding hydrogens is 463 g/mol. The Balaban J connectivity index is 2.04. The summed E-state index contributed by atoms with van der Waals surface area (Å²) in [5.41, 5.74) is 0.0630. The molecule has 28 heavy (non-hydrogen) atoms. The molecule has 0 aromatic heterocycles. The van der Waals surface area contributed by atoms with E-state index in [1.54, 1.807) is 0 Å². The molecule has 0 bridgehead atoms. The van der Waals surface area contributed by atoms with Crippen LogP contribution in [-0.2, 0) is 6.61 Å². The molecule has 2 aromatic carbocycles. The van der Waals surface area contributed by atoms with Crippen LogP contribution in [0.5, 0.6) is 11.5 Å². The number of Topliss-reactive ketones (excluding diaryl/α,β-unsaturated/α-hetero) is 1. The number of alkyl halides is 3. The fraction of sp³-hybridized carbons (Fsp3) is 0.167. The Bertz CT molecular complexity index is 854. The molecule has 0 saturated heterocycles. The van der Waals surface area contributed by atoms with Crippen LogP contribution in [0.25, 0.3) is 0 Å². The first-order valence-corrected chi connectivity index (χ1v) is 9.05. The van der Waals surface area contributed by atoms with Crippen LogP contribution in [0.4, 0.5) is 13.2 Å². The van der Waals surface area contributed by atoms with Gasteiger partial charge in [0, 0.05) is 17.7 Å². The summed E-state index contributed by atoms with van der Waals surface area (Å²) < 4.78 is 48.2. The number of hydrogen-bond acceptors (Lipinski definition) is 3. The Hall–Kier alpha value is -1.60. The highest BCUT2D eigenvalue weighted by Gasteiger charge is 2.39. The van der Waals surface area contributed by atoms with E-state index in [2.05, 4.69) is 0 Å². The van der Waals surface area contributed by atoms with Crippen LogP contribution in [0.1, 0.15) is 15.9 Å². The molecule has 0 amide bonds. The van der Waals surface area contributed by atoms with Crippen LogP contribution in [-0.4, -0.2) is 18.6 Å². The second-order valence-electron chi connectivity index (χ2n) is 5.33. The summed E-state index contributed by atoms with van der Waals surface area (Å²) in [6.45, 7) is 0.0862. The van der Waals surface area contributed by atoms with Crippen LogP contribution in [0.15, 0.2) is 47.0 Å². The van der Waals surface area contributed by atoms with Gasteiger partial charge in [0.15, 0.2) is 5.75 Å². The summed E-state index contributed by atoms with van der Waals surface area (Å²) in [5.74, 6) is -1.37. The van der Waals surface area contributed by atoms with Gasteiger partial charge < -0.3 is 9.47 Å². The van der Waals surface area contributed by atoms with Crippen molar-refractivity contribution in [3.05, 3.63) is 68.1 Å². The van der Waals surface area contributed by atoms with Crippen LogP contribution >= 0.6 is 46.4 Å². The summed E-state index contributed by atoms with van der Waals surface area (Å²) >= 11 is 23.2. The molecule has 0 fully saturated rings. The Morgan fingerprint density at radius 3 is 2.07 bits per heavy atom. The second kappa shape index (κ2) is 9.74. The maximum Gasteiger partial charge on any atom is 0.454 e. The number of hydrogen-bond donors (Lipinski definition) is 0. The normalized spacial score (nSPS) is 11.1. The van der Waals surface area contributed by atoms with Crippen molar-refractivity contribution >= 4 is 52.2 Å². The van der Waals surface area contributed by atoms with E-state index in [4.69, 9.17) is 55.9 Å². The van der Waals surface area contributed by atoms with E-state index in [1.807, 2.05) is 0 Å². The topological polar surface area (TPSA) is 35.5 Å². The monoisotopic (exact) mass is 472 g/mol. The average Bonchev–Trinajstić information content (AvgIpc) is 2.60. The highest BCUT2D eigenvalue weighted by Crippen LogP contribution is 2.37. The molecular formula is C18H11Cl4F3O3. The molecule has 0 aliphatic heterocycles. The smallest absolute Gasteiger partial charge is 0.454 e. The van der Waals surface area contributed by atoms with Crippen molar-refractivity contribution in [3.8, 4) is 11.5 Å². The van der Waals surface area contributed by atoms with Gasteiger partial charge in [-0.15, -0.1) is 0 Å². The Labute approximate surface area is 178 Å². The van der Waals surface area contributed by atoms with Crippen LogP contribution in [0.3, 0.4) is 0 Å². The fourth-order valence-corrected chi connectivity index (χ4v) is 2.73. The highest BCUT2D eigenvalue weighted by atomic mass is 35.5. The van der Waals surface area contributed by atoms with Gasteiger partial charge >= 0.3 is 6.18 Å². The zero-order valence-corrected chi connectivity index (χ0v) is 16.8. The molecule has 3 nitrogen and oxygen atoms in total. The molecule has 0 atom stereocenters. The Morgan fingerprint density at radius 2 is 1.57 bits per heavy atom. The molecule has 0 aliphatic rings. The lowest BCUT2D eigenvalue weighted by molar-refractivity contribution is -0.0885. The van der Waals surface area contributed by atoms with Crippen molar-refractivity contribution in [2.24, 2.45) is 0 Å². The van der Waals surface area contributed by atoms with E-state index in [0.29, 0.717) is 11.3 Å². The van der Waals surface area contributed by atoms with Gasteiger partial charge in [0.2, 0.25) is 0 Å². The van der Waals surface area contributed by atoms with Crippen LogP contribution in [0, 0.1) is 0 Å². The van der Waals surface area contributed by atoms with E-state index in [-0.39, 0.29) is 33.5 Å². The average molecular weight is 474 g/mol. The van der Waals surface area contributed by atoms with Crippen molar-refractivity contribution in [2.75, 3.05) is 6.61 Å². The van der Waals surface area contributed by atoms with E-state index < -0.39 is 17.5 Å². The molecule has 0 radical (unpaired) electrons. The van der Waals surface area contributed by atoms with E-state index in [9.17, 15) is 18.0 Å². The van der Waals surface area contributed by atoms with Crippen molar-refractivity contribution < 1.29 is 27.4 Å². The molecule has 0 heterocycles. The number of ketones is 1. The van der Waals surface area contributed by atoms with Gasteiger partial charge in [-0.2, -0.15) is 13.2 Å². The van der Waals surface area contributed by atoms with Gasteiger partial charge in [-0.25, -0.2) is 0 Å². The largest absolute Gasteiger partial charge is 0.489 e. The molecule has 150 valence electrons. The minimum atomic E-state index is -4.92. The predicted octanol–water partition coefficient (Wildman–Crippen LogP) is 7.02. The number of carbonyl (C=O) groups is 1. The molecule has 0 saturated carbocycles. The highest BCUT2D eigenvalue weighted by molar-refractivity contribution is 6.55. The van der Waals surface area contributed by atoms with Crippen molar-refractivity contribution in [1.82, 2.24) is 0 Å². The number of halogens is 7. The first-order valence-electron chi connectivity index (χ1n) is 7.54. The molecule has 0 unspecified atom stereocenters. The summed E-state index contributed by atoms with van der Waals surface area (Å²) in [7, 11) is 0. The molecule has 0 spiro atoms. The van der Waals surface area contributed by atoms with E-state index >= 15 is 0 Å². The molecule has 2 aromatic rings. The minimum Gasteiger partial charge on any atom is -0.489 e. The second-order valence-corrected chi connectivity index (χ2v) is 7.16. The third-order valence-corrected chi connectivity index (χ3v) is 4.19. The van der Waals surface area contributed by atoms with Gasteiger partial charge in [0.25, 0.3) is 5.78 Å². The van der Waals surface area contributed by atoms with E-state index in [0.717, 1.165) is 12.1 Å². The van der Waals surface area contributed by atoms with Crippen molar-refractivity contribution in [3.63, 3.8) is 0 Å². The van der Waals surface area contributed by atoms with Gasteiger partial charge in [-0.1, -0.05) is 70.7 Å². The third-order valence-electron chi connectivity index (χ3n) is 3.32. The summed E-state index contributed by atoms with van der Waals surface area (Å²) in [5, 5.41) is 0.347. The van der Waals surface area contributed by atoms with E-state index in [1.165, 1.54) is 30.3 Å². The lowest BCUT2D eigenvalue weighted by Crippen LogP contribution is -2.22. The van der Waals surface area contributed by atoms with Crippen LogP contribution < -0.4 is 9.47 Å². The van der Waals surface area contributed by atoms with Crippen molar-refractivity contribution in [1.29, 1.82) is 0 Å². The summed E-state index contributed by atoms with van der Waals surface area (Å²) in [6.07, 6.45) is -3.49. The number of rotatable bonds is 7. The first-order chi connectivity index (χ1) is 13.1. The van der Waals surface area contributed by atoms with Crippen molar-refractivity contribution in [2.45, 2.75) is 12.8 Å². The number of ether oxygens (including phenoxy) is 2. The molecule has 0 aliphatic carbocycles. The Morgan fingerprint density at radius 1 is 1.00 bits per heavy atom. The van der Waals surface area contributed by atoms with Gasteiger partial charge in [0.05, 0.1) is 10.0 Å². The predicted molar refractivity (Wildman–Crippen MR) is 103 cm³/mol. The molecule has 0 N–H and O–H groups in total. The molecule has 10 heteroatoms. The van der Waals surface area contributed by atoms with Crippen LogP contribution in [0.2, 0.25) is 10.0 Å². The lowest BCUT2D eigenvalue weighted by atomic mass is 10.1. The van der Waals surface area contributed by atoms with Gasteiger partial charge in [-0.3, -0.25) is 4.79 Å². The number of carbonyl (C=O) groups excluding carboxylic acids is 1. The third kappa shape index (κ3) is 6.48. The lowest BCUT2D eigenvalue weighted by Gasteiger charge is -2.12. The maximum absolute atomic E-state index is 12.4.